The zero-order valence-corrected chi connectivity index (χ0v) is 12.6. The molecular weight excluding hydrogens is 234 g/mol. The molecule has 0 radical (unpaired) electrons. The van der Waals surface area contributed by atoms with Gasteiger partial charge in [-0.3, -0.25) is 4.99 Å². The molecule has 0 heterocycles. The highest BCUT2D eigenvalue weighted by Crippen LogP contribution is 2.56. The molecule has 0 atom stereocenters. The van der Waals surface area contributed by atoms with Crippen LogP contribution in [0.15, 0.2) is 17.6 Å². The lowest BCUT2D eigenvalue weighted by atomic mass is 9.65. The molecule has 2 rings (SSSR count). The monoisotopic (exact) mass is 263 g/mol. The van der Waals surface area contributed by atoms with Crippen LogP contribution in [-0.4, -0.2) is 38.0 Å². The molecule has 0 unspecified atom stereocenters. The van der Waals surface area contributed by atoms with Gasteiger partial charge in [0.25, 0.3) is 0 Å². The van der Waals surface area contributed by atoms with Gasteiger partial charge in [0.15, 0.2) is 5.96 Å². The van der Waals surface area contributed by atoms with Crippen molar-refractivity contribution in [3.63, 3.8) is 0 Å². The Morgan fingerprint density at radius 3 is 2.68 bits per heavy atom. The molecule has 0 aromatic rings. The van der Waals surface area contributed by atoms with E-state index in [9.17, 15) is 0 Å². The summed E-state index contributed by atoms with van der Waals surface area (Å²) in [5.74, 6) is 2.05. The van der Waals surface area contributed by atoms with Crippen molar-refractivity contribution in [2.75, 3.05) is 27.2 Å². The average molecular weight is 263 g/mol. The van der Waals surface area contributed by atoms with Crippen LogP contribution in [0.25, 0.3) is 0 Å². The molecule has 0 aromatic heterocycles. The highest BCUT2D eigenvalue weighted by atomic mass is 15.3. The van der Waals surface area contributed by atoms with Gasteiger partial charge in [-0.15, -0.1) is 6.58 Å². The minimum atomic E-state index is 0.609. The quantitative estimate of drug-likeness (QED) is 0.331. The van der Waals surface area contributed by atoms with Gasteiger partial charge in [-0.2, -0.15) is 0 Å². The molecule has 19 heavy (non-hydrogen) atoms. The second-order valence-electron chi connectivity index (χ2n) is 6.24. The van der Waals surface area contributed by atoms with Crippen LogP contribution in [0.4, 0.5) is 0 Å². The van der Waals surface area contributed by atoms with Crippen molar-refractivity contribution in [3.05, 3.63) is 12.7 Å². The number of guanidine groups is 1. The first kappa shape index (κ1) is 14.4. The molecule has 2 fully saturated rings. The van der Waals surface area contributed by atoms with Gasteiger partial charge in [0.2, 0.25) is 0 Å². The number of hydrogen-bond donors (Lipinski definition) is 1. The summed E-state index contributed by atoms with van der Waals surface area (Å²) >= 11 is 0. The summed E-state index contributed by atoms with van der Waals surface area (Å²) in [6.45, 7) is 5.94. The molecule has 0 saturated heterocycles. The van der Waals surface area contributed by atoms with Crippen LogP contribution < -0.4 is 5.32 Å². The largest absolute Gasteiger partial charge is 0.356 e. The second kappa shape index (κ2) is 6.44. The van der Waals surface area contributed by atoms with Crippen molar-refractivity contribution in [1.29, 1.82) is 0 Å². The predicted molar refractivity (Wildman–Crippen MR) is 82.4 cm³/mol. The van der Waals surface area contributed by atoms with Crippen LogP contribution in [-0.2, 0) is 0 Å². The maximum absolute atomic E-state index is 4.41. The highest BCUT2D eigenvalue weighted by Gasteiger charge is 2.48. The molecule has 0 amide bonds. The maximum atomic E-state index is 4.41. The molecule has 0 aliphatic heterocycles. The number of rotatable bonds is 7. The van der Waals surface area contributed by atoms with Crippen LogP contribution in [0.2, 0.25) is 0 Å². The normalized spacial score (nSPS) is 21.7. The van der Waals surface area contributed by atoms with Gasteiger partial charge in [0.1, 0.15) is 0 Å². The summed E-state index contributed by atoms with van der Waals surface area (Å²) in [5.41, 5.74) is 0.609. The van der Waals surface area contributed by atoms with Gasteiger partial charge in [-0.05, 0) is 49.9 Å². The Bertz CT molecular complexity index is 327. The smallest absolute Gasteiger partial charge is 0.193 e. The van der Waals surface area contributed by atoms with Gasteiger partial charge < -0.3 is 10.2 Å². The summed E-state index contributed by atoms with van der Waals surface area (Å²) in [4.78, 5) is 6.65. The zero-order chi connectivity index (χ0) is 13.7. The standard InChI is InChI=1S/C16H29N3/c1-4-5-6-12-19(3)15(17-2)18-13-16(10-7-11-16)14-8-9-14/h4,14H,1,5-13H2,2-3H3,(H,17,18). The van der Waals surface area contributed by atoms with E-state index in [0.29, 0.717) is 5.41 Å². The summed E-state index contributed by atoms with van der Waals surface area (Å²) in [5, 5.41) is 3.61. The highest BCUT2D eigenvalue weighted by molar-refractivity contribution is 5.79. The summed E-state index contributed by atoms with van der Waals surface area (Å²) in [7, 11) is 4.01. The molecule has 2 aliphatic carbocycles. The van der Waals surface area contributed by atoms with Crippen LogP contribution >= 0.6 is 0 Å². The molecule has 0 aromatic carbocycles. The Labute approximate surface area is 118 Å². The average Bonchev–Trinajstić information content (AvgIpc) is 3.17. The third kappa shape index (κ3) is 3.52. The molecule has 0 bridgehead atoms. The minimum Gasteiger partial charge on any atom is -0.356 e. The van der Waals surface area contributed by atoms with Gasteiger partial charge in [0.05, 0.1) is 0 Å². The van der Waals surface area contributed by atoms with Gasteiger partial charge in [-0.1, -0.05) is 12.5 Å². The fraction of sp³-hybridized carbons (Fsp3) is 0.812. The maximum Gasteiger partial charge on any atom is 0.193 e. The summed E-state index contributed by atoms with van der Waals surface area (Å²) in [6.07, 6.45) is 11.4. The molecule has 1 N–H and O–H groups in total. The Morgan fingerprint density at radius 2 is 2.21 bits per heavy atom. The van der Waals surface area contributed by atoms with Gasteiger partial charge >= 0.3 is 0 Å². The van der Waals surface area contributed by atoms with Crippen molar-refractivity contribution < 1.29 is 0 Å². The van der Waals surface area contributed by atoms with Crippen molar-refractivity contribution >= 4 is 5.96 Å². The van der Waals surface area contributed by atoms with Crippen molar-refractivity contribution in [2.24, 2.45) is 16.3 Å². The molecule has 2 saturated carbocycles. The van der Waals surface area contributed by atoms with Crippen LogP contribution in [0.3, 0.4) is 0 Å². The van der Waals surface area contributed by atoms with E-state index < -0.39 is 0 Å². The molecular formula is C16H29N3. The number of nitrogens with one attached hydrogen (secondary N) is 1. The minimum absolute atomic E-state index is 0.609. The van der Waals surface area contributed by atoms with E-state index in [1.807, 2.05) is 13.1 Å². The fourth-order valence-corrected chi connectivity index (χ4v) is 3.27. The Morgan fingerprint density at radius 1 is 1.47 bits per heavy atom. The number of unbranched alkanes of at least 4 members (excludes halogenated alkanes) is 1. The van der Waals surface area contributed by atoms with Gasteiger partial charge in [0, 0.05) is 27.2 Å². The molecule has 3 nitrogen and oxygen atoms in total. The first-order valence-corrected chi connectivity index (χ1v) is 7.74. The lowest BCUT2D eigenvalue weighted by Crippen LogP contribution is -2.48. The van der Waals surface area contributed by atoms with Gasteiger partial charge in [-0.25, -0.2) is 0 Å². The third-order valence-corrected chi connectivity index (χ3v) is 4.87. The lowest BCUT2D eigenvalue weighted by Gasteiger charge is -2.43. The van der Waals surface area contributed by atoms with Crippen molar-refractivity contribution in [3.8, 4) is 0 Å². The molecule has 2 aliphatic rings. The third-order valence-electron chi connectivity index (χ3n) is 4.87. The Hall–Kier alpha value is -0.990. The molecule has 0 spiro atoms. The first-order chi connectivity index (χ1) is 9.22. The molecule has 3 heteroatoms. The number of allylic oxidation sites excluding steroid dienone is 1. The predicted octanol–water partition coefficient (Wildman–Crippen LogP) is 3.04. The second-order valence-corrected chi connectivity index (χ2v) is 6.24. The number of nitrogens with zero attached hydrogens (tertiary/aromatic N) is 2. The topological polar surface area (TPSA) is 27.6 Å². The summed E-state index contributed by atoms with van der Waals surface area (Å²) < 4.78 is 0. The van der Waals surface area contributed by atoms with E-state index in [4.69, 9.17) is 0 Å². The number of hydrogen-bond acceptors (Lipinski definition) is 1. The van der Waals surface area contributed by atoms with Crippen LogP contribution in [0, 0.1) is 11.3 Å². The summed E-state index contributed by atoms with van der Waals surface area (Å²) in [6, 6.07) is 0. The zero-order valence-electron chi connectivity index (χ0n) is 12.6. The Kier molecular flexibility index (Phi) is 4.89. The van der Waals surface area contributed by atoms with Crippen LogP contribution in [0.5, 0.6) is 0 Å². The van der Waals surface area contributed by atoms with E-state index >= 15 is 0 Å². The van der Waals surface area contributed by atoms with E-state index in [1.165, 1.54) is 32.1 Å². The van der Waals surface area contributed by atoms with Crippen molar-refractivity contribution in [2.45, 2.75) is 44.9 Å². The Balaban J connectivity index is 1.77. The number of aliphatic imine (C=N–C) groups is 1. The van der Waals surface area contributed by atoms with Crippen molar-refractivity contribution in [1.82, 2.24) is 10.2 Å². The SMILES string of the molecule is C=CCCCN(C)C(=NC)NCC1(C2CC2)CCC1. The lowest BCUT2D eigenvalue weighted by molar-refractivity contribution is 0.105. The van der Waals surface area contributed by atoms with E-state index in [2.05, 4.69) is 28.8 Å². The molecule has 108 valence electrons. The fourth-order valence-electron chi connectivity index (χ4n) is 3.27. The van der Waals surface area contributed by atoms with E-state index in [0.717, 1.165) is 37.8 Å². The van der Waals surface area contributed by atoms with Crippen LogP contribution in [0.1, 0.15) is 44.9 Å². The van der Waals surface area contributed by atoms with E-state index in [1.54, 1.807) is 0 Å². The van der Waals surface area contributed by atoms with E-state index in [-0.39, 0.29) is 0 Å². The first-order valence-electron chi connectivity index (χ1n) is 7.74.